The molecule has 0 atom stereocenters. The van der Waals surface area contributed by atoms with Crippen LogP contribution in [0.4, 0.5) is 11.4 Å². The fourth-order valence-corrected chi connectivity index (χ4v) is 2.37. The van der Waals surface area contributed by atoms with Gasteiger partial charge in [-0.15, -0.1) is 0 Å². The van der Waals surface area contributed by atoms with Crippen molar-refractivity contribution in [1.29, 1.82) is 0 Å². The van der Waals surface area contributed by atoms with Crippen LogP contribution in [0.15, 0.2) is 48.5 Å². The molecule has 1 N–H and O–H groups in total. The number of nitrogens with one attached hydrogen (secondary N) is 1. The summed E-state index contributed by atoms with van der Waals surface area (Å²) in [6, 6.07) is 14.7. The summed E-state index contributed by atoms with van der Waals surface area (Å²) in [7, 11) is 0. The van der Waals surface area contributed by atoms with Crippen LogP contribution in [0.25, 0.3) is 0 Å². The fraction of sp³-hybridized carbons (Fsp3) is 0.125. The molecule has 4 heteroatoms. The largest absolute Gasteiger partial charge is 0.323 e. The van der Waals surface area contributed by atoms with E-state index in [0.29, 0.717) is 11.3 Å². The van der Waals surface area contributed by atoms with Gasteiger partial charge in [-0.1, -0.05) is 30.3 Å². The van der Waals surface area contributed by atoms with Crippen molar-refractivity contribution in [3.8, 4) is 0 Å². The summed E-state index contributed by atoms with van der Waals surface area (Å²) in [6.45, 7) is 1.94. The molecule has 1 aliphatic rings. The average molecular weight is 266 g/mol. The first-order chi connectivity index (χ1) is 9.66. The van der Waals surface area contributed by atoms with Gasteiger partial charge in [-0.25, -0.2) is 0 Å². The number of benzene rings is 2. The van der Waals surface area contributed by atoms with Gasteiger partial charge in [-0.2, -0.15) is 0 Å². The van der Waals surface area contributed by atoms with E-state index < -0.39 is 0 Å². The fourth-order valence-electron chi connectivity index (χ4n) is 2.37. The summed E-state index contributed by atoms with van der Waals surface area (Å²) < 4.78 is 0. The molecule has 0 aromatic heterocycles. The molecule has 20 heavy (non-hydrogen) atoms. The highest BCUT2D eigenvalue weighted by molar-refractivity contribution is 6.15. The summed E-state index contributed by atoms with van der Waals surface area (Å²) in [5.74, 6) is -0.323. The lowest BCUT2D eigenvalue weighted by molar-refractivity contribution is -0.115. The number of anilines is 2. The molecule has 4 nitrogen and oxygen atoms in total. The Balaban J connectivity index is 2.05. The molecule has 2 aromatic carbocycles. The number of carbonyl (C=O) groups excluding carboxylic acids is 2. The molecule has 0 spiro atoms. The molecule has 2 aromatic rings. The predicted octanol–water partition coefficient (Wildman–Crippen LogP) is 2.59. The number of rotatable bonds is 1. The molecule has 100 valence electrons. The second-order valence-electron chi connectivity index (χ2n) is 4.77. The molecule has 1 aliphatic heterocycles. The monoisotopic (exact) mass is 266 g/mol. The van der Waals surface area contributed by atoms with Gasteiger partial charge in [0.15, 0.2) is 0 Å². The van der Waals surface area contributed by atoms with Crippen molar-refractivity contribution in [1.82, 2.24) is 0 Å². The lowest BCUT2D eigenvalue weighted by Crippen LogP contribution is -2.42. The molecule has 3 rings (SSSR count). The third-order valence-electron chi connectivity index (χ3n) is 3.39. The van der Waals surface area contributed by atoms with Crippen LogP contribution in [0.3, 0.4) is 0 Å². The Bertz CT molecular complexity index is 694. The number of fused-ring (bicyclic) bond motifs is 1. The van der Waals surface area contributed by atoms with Crippen molar-refractivity contribution in [2.75, 3.05) is 16.8 Å². The summed E-state index contributed by atoms with van der Waals surface area (Å²) in [6.07, 6.45) is 0. The van der Waals surface area contributed by atoms with Crippen molar-refractivity contribution >= 4 is 23.2 Å². The van der Waals surface area contributed by atoms with Crippen molar-refractivity contribution in [2.24, 2.45) is 0 Å². The maximum atomic E-state index is 12.7. The zero-order chi connectivity index (χ0) is 14.1. The number of aryl methyl sites for hydroxylation is 1. The Labute approximate surface area is 117 Å². The van der Waals surface area contributed by atoms with Crippen molar-refractivity contribution in [2.45, 2.75) is 6.92 Å². The first kappa shape index (κ1) is 12.4. The normalized spacial score (nSPS) is 13.7. The van der Waals surface area contributed by atoms with E-state index in [-0.39, 0.29) is 18.4 Å². The van der Waals surface area contributed by atoms with Crippen molar-refractivity contribution in [3.05, 3.63) is 59.7 Å². The van der Waals surface area contributed by atoms with Gasteiger partial charge in [-0.05, 0) is 30.7 Å². The highest BCUT2D eigenvalue weighted by atomic mass is 16.2. The van der Waals surface area contributed by atoms with Gasteiger partial charge in [0.2, 0.25) is 5.91 Å². The van der Waals surface area contributed by atoms with Gasteiger partial charge < -0.3 is 5.32 Å². The van der Waals surface area contributed by atoms with Crippen LogP contribution < -0.4 is 10.2 Å². The molecule has 1 heterocycles. The molecular formula is C16H14N2O2. The highest BCUT2D eigenvalue weighted by Gasteiger charge is 2.27. The summed E-state index contributed by atoms with van der Waals surface area (Å²) in [4.78, 5) is 26.0. The Kier molecular flexibility index (Phi) is 2.99. The van der Waals surface area contributed by atoms with Crippen LogP contribution >= 0.6 is 0 Å². The Morgan fingerprint density at radius 2 is 1.80 bits per heavy atom. The maximum Gasteiger partial charge on any atom is 0.259 e. The molecule has 0 aliphatic carbocycles. The van der Waals surface area contributed by atoms with Gasteiger partial charge in [0, 0.05) is 5.56 Å². The van der Waals surface area contributed by atoms with Crippen LogP contribution in [-0.4, -0.2) is 18.4 Å². The number of nitrogens with zero attached hydrogens (tertiary/aromatic N) is 1. The van der Waals surface area contributed by atoms with E-state index >= 15 is 0 Å². The smallest absolute Gasteiger partial charge is 0.259 e. The SMILES string of the molecule is Cc1ccccc1C(=O)N1CC(=O)Nc2ccccc21. The Hall–Kier alpha value is -2.62. The zero-order valence-corrected chi connectivity index (χ0v) is 11.1. The number of para-hydroxylation sites is 2. The number of hydrogen-bond acceptors (Lipinski definition) is 2. The average Bonchev–Trinajstić information content (AvgIpc) is 2.46. The standard InChI is InChI=1S/C16H14N2O2/c1-11-6-2-3-7-12(11)16(20)18-10-15(19)17-13-8-4-5-9-14(13)18/h2-9H,10H2,1H3,(H,17,19). The molecule has 0 bridgehead atoms. The quantitative estimate of drug-likeness (QED) is 0.862. The zero-order valence-electron chi connectivity index (χ0n) is 11.1. The van der Waals surface area contributed by atoms with E-state index in [4.69, 9.17) is 0 Å². The minimum absolute atomic E-state index is 0.0458. The molecule has 2 amide bonds. The van der Waals surface area contributed by atoms with Crippen molar-refractivity contribution < 1.29 is 9.59 Å². The first-order valence-electron chi connectivity index (χ1n) is 6.43. The van der Waals surface area contributed by atoms with E-state index in [1.807, 2.05) is 43.3 Å². The van der Waals surface area contributed by atoms with E-state index in [1.54, 1.807) is 12.1 Å². The molecule has 0 saturated carbocycles. The summed E-state index contributed by atoms with van der Waals surface area (Å²) in [5, 5.41) is 2.78. The second kappa shape index (κ2) is 4.81. The molecular weight excluding hydrogens is 252 g/mol. The van der Waals surface area contributed by atoms with Gasteiger partial charge >= 0.3 is 0 Å². The maximum absolute atomic E-state index is 12.7. The number of amides is 2. The summed E-state index contributed by atoms with van der Waals surface area (Å²) >= 11 is 0. The van der Waals surface area contributed by atoms with Gasteiger partial charge in [0.25, 0.3) is 5.91 Å². The van der Waals surface area contributed by atoms with Crippen LogP contribution in [0.2, 0.25) is 0 Å². The molecule has 0 radical (unpaired) electrons. The minimum Gasteiger partial charge on any atom is -0.323 e. The highest BCUT2D eigenvalue weighted by Crippen LogP contribution is 2.30. The van der Waals surface area contributed by atoms with Crippen LogP contribution in [0, 0.1) is 6.92 Å². The van der Waals surface area contributed by atoms with Crippen LogP contribution in [0.1, 0.15) is 15.9 Å². The topological polar surface area (TPSA) is 49.4 Å². The van der Waals surface area contributed by atoms with E-state index in [9.17, 15) is 9.59 Å². The number of hydrogen-bond donors (Lipinski definition) is 1. The Morgan fingerprint density at radius 1 is 1.10 bits per heavy atom. The van der Waals surface area contributed by atoms with Crippen molar-refractivity contribution in [3.63, 3.8) is 0 Å². The Morgan fingerprint density at radius 3 is 2.60 bits per heavy atom. The predicted molar refractivity (Wildman–Crippen MR) is 77.9 cm³/mol. The lowest BCUT2D eigenvalue weighted by Gasteiger charge is -2.29. The third kappa shape index (κ3) is 2.05. The van der Waals surface area contributed by atoms with Gasteiger partial charge in [0.05, 0.1) is 11.4 Å². The van der Waals surface area contributed by atoms with Gasteiger partial charge in [-0.3, -0.25) is 14.5 Å². The van der Waals surface area contributed by atoms with Gasteiger partial charge in [0.1, 0.15) is 6.54 Å². The molecule has 0 unspecified atom stereocenters. The molecule has 0 fully saturated rings. The minimum atomic E-state index is -0.175. The van der Waals surface area contributed by atoms with E-state index in [2.05, 4.69) is 5.32 Å². The van der Waals surface area contributed by atoms with Crippen LogP contribution in [0.5, 0.6) is 0 Å². The van der Waals surface area contributed by atoms with E-state index in [1.165, 1.54) is 4.90 Å². The summed E-state index contributed by atoms with van der Waals surface area (Å²) in [5.41, 5.74) is 2.93. The lowest BCUT2D eigenvalue weighted by atomic mass is 10.1. The number of carbonyl (C=O) groups is 2. The van der Waals surface area contributed by atoms with Crippen LogP contribution in [-0.2, 0) is 4.79 Å². The third-order valence-corrected chi connectivity index (χ3v) is 3.39. The second-order valence-corrected chi connectivity index (χ2v) is 4.77. The first-order valence-corrected chi connectivity index (χ1v) is 6.43. The van der Waals surface area contributed by atoms with E-state index in [0.717, 1.165) is 11.3 Å². The molecule has 0 saturated heterocycles.